The molecule has 1 saturated carbocycles. The van der Waals surface area contributed by atoms with E-state index < -0.39 is 137 Å². The smallest absolute Gasteiger partial charge is 0.346 e. The summed E-state index contributed by atoms with van der Waals surface area (Å²) in [7, 11) is 7.06. The molecule has 2 aromatic rings. The number of anilines is 2. The van der Waals surface area contributed by atoms with Gasteiger partial charge in [-0.3, -0.25) is 24.0 Å². The van der Waals surface area contributed by atoms with Crippen molar-refractivity contribution in [1.82, 2.24) is 14.4 Å². The normalized spacial score (nSPS) is 34.4. The quantitative estimate of drug-likeness (QED) is 0.0321. The minimum absolute atomic E-state index is 0.0179. The van der Waals surface area contributed by atoms with Crippen LogP contribution in [0.3, 0.4) is 0 Å². The maximum atomic E-state index is 14.8. The number of likely N-dealkylation sites (N-methyl/N-ethyl adjacent to an activating group) is 2. The monoisotopic (exact) mass is 1280 g/mol. The van der Waals surface area contributed by atoms with E-state index in [2.05, 4.69) is 5.32 Å². The Morgan fingerprint density at radius 3 is 2.18 bits per heavy atom. The summed E-state index contributed by atoms with van der Waals surface area (Å²) < 4.78 is 69.6. The molecule has 1 aromatic heterocycles. The van der Waals surface area contributed by atoms with Gasteiger partial charge in [0.15, 0.2) is 24.8 Å². The van der Waals surface area contributed by atoms with Crippen molar-refractivity contribution in [3.05, 3.63) is 34.1 Å². The molecule has 90 heavy (non-hydrogen) atoms. The number of rotatable bonds is 21. The number of methoxy groups -OCH3 is 1. The molecule has 3 saturated heterocycles. The van der Waals surface area contributed by atoms with E-state index in [1.165, 1.54) is 20.2 Å². The topological polar surface area (TPSA) is 314 Å². The van der Waals surface area contributed by atoms with Crippen molar-refractivity contribution in [3.63, 3.8) is 0 Å². The van der Waals surface area contributed by atoms with E-state index in [0.29, 0.717) is 29.9 Å². The predicted octanol–water partition coefficient (Wildman–Crippen LogP) is 5.87. The van der Waals surface area contributed by atoms with Crippen molar-refractivity contribution in [3.8, 4) is 0 Å². The van der Waals surface area contributed by atoms with Crippen LogP contribution in [0.2, 0.25) is 0 Å². The van der Waals surface area contributed by atoms with E-state index in [-0.39, 0.29) is 86.9 Å². The van der Waals surface area contributed by atoms with Crippen LogP contribution >= 0.6 is 0 Å². The Balaban J connectivity index is 1.18. The number of carbonyl (C=O) groups excluding carboxylic acids is 5. The third-order valence-electron chi connectivity index (χ3n) is 18.3. The Kier molecular flexibility index (Phi) is 25.3. The van der Waals surface area contributed by atoms with E-state index in [0.717, 1.165) is 12.8 Å². The highest BCUT2D eigenvalue weighted by Gasteiger charge is 2.54. The maximum Gasteiger partial charge on any atom is 0.346 e. The van der Waals surface area contributed by atoms with Crippen LogP contribution in [0.5, 0.6) is 0 Å². The summed E-state index contributed by atoms with van der Waals surface area (Å²) in [6.07, 6.45) is -6.44. The van der Waals surface area contributed by atoms with Crippen LogP contribution in [0.1, 0.15) is 165 Å². The number of benzene rings is 1. The van der Waals surface area contributed by atoms with Crippen LogP contribution in [-0.4, -0.2) is 211 Å². The van der Waals surface area contributed by atoms with Gasteiger partial charge in [0.1, 0.15) is 29.0 Å². The molecule has 1 unspecified atom stereocenters. The molecule has 0 spiro atoms. The van der Waals surface area contributed by atoms with Gasteiger partial charge in [0, 0.05) is 62.6 Å². The van der Waals surface area contributed by atoms with Crippen LogP contribution in [0.4, 0.5) is 11.4 Å². The summed E-state index contributed by atoms with van der Waals surface area (Å²) in [5, 5.41) is 40.2. The maximum absolute atomic E-state index is 14.8. The minimum Gasteiger partial charge on any atom is -0.459 e. The molecule has 0 bridgehead atoms. The molecule has 3 aliphatic heterocycles. The van der Waals surface area contributed by atoms with Gasteiger partial charge in [-0.05, 0) is 141 Å². The molecule has 4 fully saturated rings. The Morgan fingerprint density at radius 2 is 1.57 bits per heavy atom. The lowest BCUT2D eigenvalue weighted by Crippen LogP contribution is -2.61. The van der Waals surface area contributed by atoms with E-state index in [9.17, 15) is 44.1 Å². The van der Waals surface area contributed by atoms with Gasteiger partial charge in [0.25, 0.3) is 0 Å². The SMILES string of the molecule is CCC(=O)OC1[C@H](O[C@@H]2[C@@H](C)[C@H](O[C@H]3C[C@@](C)(OC)[C@@H](OC(=O)CCOCCNc4cc5c(=O)c(C(=O)OCOC(=O)C(C)(C)C)cn(C6CC6)c5cc4N)[C@H](C)O3)[C@@H](C)C(=O)O[C@H](CC)[C@@](C)(O)[C@H](O)[C@@H](C)N(C)C[C@H](C)C[C@@]2(C)O)O[C@H](C)C[C@@H]1N(C)C. The number of esters is 5. The van der Waals surface area contributed by atoms with Gasteiger partial charge >= 0.3 is 29.8 Å². The average Bonchev–Trinajstić information content (AvgIpc) is 1.86. The molecular weight excluding hydrogens is 1170 g/mol. The fraction of sp³-hybridized carbons (Fsp3) is 0.785. The molecule has 6 N–H and O–H groups in total. The zero-order valence-corrected chi connectivity index (χ0v) is 56.4. The Morgan fingerprint density at radius 1 is 0.889 bits per heavy atom. The number of ether oxygens (including phenoxy) is 11. The van der Waals surface area contributed by atoms with E-state index >= 15 is 0 Å². The van der Waals surface area contributed by atoms with E-state index in [1.807, 2.05) is 49.4 Å². The molecule has 510 valence electrons. The lowest BCUT2D eigenvalue weighted by molar-refractivity contribution is -0.319. The van der Waals surface area contributed by atoms with Crippen molar-refractivity contribution in [2.75, 3.05) is 72.4 Å². The number of cyclic esters (lactones) is 1. The molecule has 1 aliphatic carbocycles. The van der Waals surface area contributed by atoms with Crippen LogP contribution in [0.25, 0.3) is 10.9 Å². The molecule has 6 rings (SSSR count). The number of nitrogen functional groups attached to an aromatic ring is 1. The van der Waals surface area contributed by atoms with Crippen molar-refractivity contribution < 1.29 is 91.4 Å². The third-order valence-corrected chi connectivity index (χ3v) is 18.3. The Hall–Kier alpha value is -5.06. The third kappa shape index (κ3) is 18.0. The van der Waals surface area contributed by atoms with Gasteiger partial charge in [-0.15, -0.1) is 0 Å². The Bertz CT molecular complexity index is 2840. The summed E-state index contributed by atoms with van der Waals surface area (Å²) >= 11 is 0. The summed E-state index contributed by atoms with van der Waals surface area (Å²) in [6, 6.07) is 2.35. The second kappa shape index (κ2) is 30.8. The lowest BCUT2D eigenvalue weighted by atomic mass is 9.77. The number of nitrogens with two attached hydrogens (primary N) is 1. The first kappa shape index (κ1) is 74.0. The van der Waals surface area contributed by atoms with Crippen molar-refractivity contribution in [2.45, 2.75) is 245 Å². The van der Waals surface area contributed by atoms with Crippen LogP contribution in [-0.2, 0) is 71.3 Å². The summed E-state index contributed by atoms with van der Waals surface area (Å²) in [5.74, 6) is -5.64. The van der Waals surface area contributed by atoms with Gasteiger partial charge in [-0.25, -0.2) is 4.79 Å². The first-order chi connectivity index (χ1) is 42.0. The summed E-state index contributed by atoms with van der Waals surface area (Å²) in [5.41, 5.74) is 1.36. The molecule has 25 heteroatoms. The molecular formula is C65H105N5O20. The van der Waals surface area contributed by atoms with E-state index in [1.54, 1.807) is 88.3 Å². The first-order valence-corrected chi connectivity index (χ1v) is 31.9. The molecule has 4 heterocycles. The number of aliphatic hydroxyl groups excluding tert-OH is 1. The number of hydrogen-bond donors (Lipinski definition) is 5. The average molecular weight is 1280 g/mol. The predicted molar refractivity (Wildman–Crippen MR) is 333 cm³/mol. The largest absolute Gasteiger partial charge is 0.459 e. The van der Waals surface area contributed by atoms with Crippen LogP contribution < -0.4 is 16.5 Å². The first-order valence-electron chi connectivity index (χ1n) is 31.9. The highest BCUT2D eigenvalue weighted by Crippen LogP contribution is 2.42. The van der Waals surface area contributed by atoms with Crippen molar-refractivity contribution in [1.29, 1.82) is 0 Å². The molecule has 18 atom stereocenters. The number of hydrogen-bond acceptors (Lipinski definition) is 24. The number of nitrogens with zero attached hydrogens (tertiary/aromatic N) is 3. The van der Waals surface area contributed by atoms with E-state index in [4.69, 9.17) is 57.8 Å². The number of aliphatic hydroxyl groups is 3. The summed E-state index contributed by atoms with van der Waals surface area (Å²) in [4.78, 5) is 84.6. The van der Waals surface area contributed by atoms with Gasteiger partial charge in [0.2, 0.25) is 12.2 Å². The fourth-order valence-corrected chi connectivity index (χ4v) is 12.8. The number of aromatic nitrogens is 1. The van der Waals surface area contributed by atoms with Gasteiger partial charge in [0.05, 0.1) is 83.9 Å². The fourth-order valence-electron chi connectivity index (χ4n) is 12.8. The standard InChI is InChI=1S/C65H105N5O20/c1-19-48-65(14,79)55(74)39(7)69(17)32-35(3)30-63(12,78)56(90-60-54(87-49(71)20-2)47(68(15)16)27-36(4)84-60)37(5)53(38(6)58(75)86-48)89-51-31-64(13,80-18)57(40(8)85-51)88-50(72)23-25-81-26-24-67-45-28-42-46(29-44(45)66)70(41-21-22-41)33-43(52(42)73)59(76)82-34-83-61(77)62(9,10)11/h28-29,33,35-41,47-48,51,53-57,60,67,74,78-79H,19-27,30-32,34,66H2,1-18H3/t35-,36-,37+,38-,39-,40+,47+,48-,51+,53+,54?,55-,56-,57+,60+,63-,64-,65-/m1/s1. The summed E-state index contributed by atoms with van der Waals surface area (Å²) in [6.45, 7) is 24.1. The zero-order chi connectivity index (χ0) is 67.1. The van der Waals surface area contributed by atoms with Crippen molar-refractivity contribution >= 4 is 52.1 Å². The molecule has 0 amide bonds. The van der Waals surface area contributed by atoms with Gasteiger partial charge in [-0.1, -0.05) is 27.7 Å². The number of carbonyl (C=O) groups is 5. The number of fused-ring (bicyclic) bond motifs is 1. The Labute approximate surface area is 530 Å². The van der Waals surface area contributed by atoms with Crippen LogP contribution in [0, 0.1) is 23.2 Å². The highest BCUT2D eigenvalue weighted by atomic mass is 16.7. The zero-order valence-electron chi connectivity index (χ0n) is 56.4. The highest BCUT2D eigenvalue weighted by molar-refractivity contribution is 5.96. The van der Waals surface area contributed by atoms with Gasteiger partial charge < -0.3 is 92.8 Å². The molecule has 4 aliphatic rings. The lowest BCUT2D eigenvalue weighted by Gasteiger charge is -2.49. The van der Waals surface area contributed by atoms with Crippen LogP contribution in [0.15, 0.2) is 23.1 Å². The molecule has 1 aromatic carbocycles. The molecule has 25 nitrogen and oxygen atoms in total. The van der Waals surface area contributed by atoms with Crippen molar-refractivity contribution in [2.24, 2.45) is 23.2 Å². The number of nitrogens with one attached hydrogen (secondary N) is 1. The minimum atomic E-state index is -1.90. The number of pyridine rings is 1. The second-order valence-corrected chi connectivity index (χ2v) is 27.4. The molecule has 0 radical (unpaired) electrons. The van der Waals surface area contributed by atoms with Gasteiger partial charge in [-0.2, -0.15) is 0 Å². The second-order valence-electron chi connectivity index (χ2n) is 27.4.